The van der Waals surface area contributed by atoms with Gasteiger partial charge in [0.1, 0.15) is 17.2 Å². The number of hydrogen-bond acceptors (Lipinski definition) is 7. The molecule has 1 unspecified atom stereocenters. The lowest BCUT2D eigenvalue weighted by Gasteiger charge is -2.29. The van der Waals surface area contributed by atoms with Crippen LogP contribution in [0.25, 0.3) is 0 Å². The highest BCUT2D eigenvalue weighted by molar-refractivity contribution is 6.07. The van der Waals surface area contributed by atoms with Crippen LogP contribution < -0.4 is 9.47 Å². The zero-order chi connectivity index (χ0) is 24.7. The number of benzene rings is 1. The Morgan fingerprint density at radius 3 is 2.15 bits per heavy atom. The molecule has 9 nitrogen and oxygen atoms in total. The lowest BCUT2D eigenvalue weighted by Crippen LogP contribution is -2.45. The van der Waals surface area contributed by atoms with Gasteiger partial charge in [-0.05, 0) is 45.4 Å². The van der Waals surface area contributed by atoms with Gasteiger partial charge in [-0.2, -0.15) is 0 Å². The molecule has 2 rings (SSSR count). The Hall–Kier alpha value is -3.33. The molecule has 1 heterocycles. The van der Waals surface area contributed by atoms with E-state index in [0.29, 0.717) is 33.9 Å². The van der Waals surface area contributed by atoms with Gasteiger partial charge < -0.3 is 28.8 Å². The lowest BCUT2D eigenvalue weighted by molar-refractivity contribution is 0.0518. The summed E-state index contributed by atoms with van der Waals surface area (Å²) in [7, 11) is 4.52. The summed E-state index contributed by atoms with van der Waals surface area (Å²) in [5.74, 6) is -0.280. The average Bonchev–Trinajstić information content (AvgIpc) is 3.11. The Kier molecular flexibility index (Phi) is 9.04. The fraction of sp³-hybridized carbons (Fsp3) is 0.458. The first-order chi connectivity index (χ1) is 15.7. The lowest BCUT2D eigenvalue weighted by atomic mass is 9.99. The molecule has 1 N–H and O–H groups in total. The molecule has 0 fully saturated rings. The highest BCUT2D eigenvalue weighted by Gasteiger charge is 2.32. The number of aryl methyl sites for hydroxylation is 1. The molecule has 2 aromatic rings. The molecule has 0 aliphatic heterocycles. The van der Waals surface area contributed by atoms with E-state index in [1.807, 2.05) is 0 Å². The third-order valence-electron chi connectivity index (χ3n) is 5.41. The summed E-state index contributed by atoms with van der Waals surface area (Å²) in [5.41, 5.74) is 1.94. The highest BCUT2D eigenvalue weighted by Crippen LogP contribution is 2.26. The van der Waals surface area contributed by atoms with E-state index < -0.39 is 12.0 Å². The number of rotatable bonds is 11. The maximum absolute atomic E-state index is 13.5. The molecule has 0 aliphatic rings. The van der Waals surface area contributed by atoms with Crippen molar-refractivity contribution >= 4 is 17.7 Å². The number of amides is 1. The van der Waals surface area contributed by atoms with E-state index in [-0.39, 0.29) is 37.1 Å². The fourth-order valence-electron chi connectivity index (χ4n) is 3.63. The van der Waals surface area contributed by atoms with Crippen molar-refractivity contribution in [3.8, 4) is 11.5 Å². The van der Waals surface area contributed by atoms with Crippen LogP contribution in [0.3, 0.4) is 0 Å². The molecule has 0 saturated heterocycles. The number of hydrogen-bond donors (Lipinski definition) is 1. The molecule has 33 heavy (non-hydrogen) atoms. The first-order valence-corrected chi connectivity index (χ1v) is 10.6. The van der Waals surface area contributed by atoms with E-state index in [4.69, 9.17) is 18.9 Å². The molecule has 1 aromatic carbocycles. The Bertz CT molecular complexity index is 990. The van der Waals surface area contributed by atoms with Gasteiger partial charge in [-0.15, -0.1) is 0 Å². The van der Waals surface area contributed by atoms with E-state index in [1.54, 1.807) is 45.9 Å². The number of Topliss-reactive ketones (excluding diaryl/α,β-unsaturated/α-hetero) is 1. The SMILES string of the molecule is CCOC(=O)c1[nH]c(C)c(C(=O)C(C)N(CCOC)C(=O)c2cc(OC)cc(OC)c2)c1C. The van der Waals surface area contributed by atoms with Crippen LogP contribution in [0.1, 0.15) is 56.3 Å². The van der Waals surface area contributed by atoms with Gasteiger partial charge in [-0.3, -0.25) is 9.59 Å². The molecular weight excluding hydrogens is 428 g/mol. The molecule has 1 amide bonds. The van der Waals surface area contributed by atoms with Crippen LogP contribution in [0.15, 0.2) is 18.2 Å². The second-order valence-electron chi connectivity index (χ2n) is 7.48. The van der Waals surface area contributed by atoms with Gasteiger partial charge in [0.25, 0.3) is 5.91 Å². The van der Waals surface area contributed by atoms with Crippen molar-refractivity contribution < 1.29 is 33.3 Å². The Labute approximate surface area is 194 Å². The molecule has 0 aliphatic carbocycles. The maximum Gasteiger partial charge on any atom is 0.355 e. The minimum absolute atomic E-state index is 0.190. The molecule has 1 atom stereocenters. The predicted molar refractivity (Wildman–Crippen MR) is 122 cm³/mol. The molecule has 0 bridgehead atoms. The Morgan fingerprint density at radius 1 is 1.03 bits per heavy atom. The third-order valence-corrected chi connectivity index (χ3v) is 5.41. The van der Waals surface area contributed by atoms with E-state index >= 15 is 0 Å². The number of aromatic amines is 1. The number of esters is 1. The predicted octanol–water partition coefficient (Wildman–Crippen LogP) is 3.19. The van der Waals surface area contributed by atoms with Crippen molar-refractivity contribution in [1.82, 2.24) is 9.88 Å². The van der Waals surface area contributed by atoms with Crippen LogP contribution in [0, 0.1) is 13.8 Å². The van der Waals surface area contributed by atoms with Crippen LogP contribution in [0.5, 0.6) is 11.5 Å². The van der Waals surface area contributed by atoms with E-state index in [9.17, 15) is 14.4 Å². The summed E-state index contributed by atoms with van der Waals surface area (Å²) < 4.78 is 20.8. The van der Waals surface area contributed by atoms with Crippen molar-refractivity contribution in [2.75, 3.05) is 41.1 Å². The molecule has 0 saturated carbocycles. The minimum atomic E-state index is -0.826. The summed E-state index contributed by atoms with van der Waals surface area (Å²) >= 11 is 0. The van der Waals surface area contributed by atoms with Gasteiger partial charge in [0.15, 0.2) is 5.78 Å². The van der Waals surface area contributed by atoms with Crippen molar-refractivity contribution in [2.24, 2.45) is 0 Å². The zero-order valence-electron chi connectivity index (χ0n) is 20.2. The minimum Gasteiger partial charge on any atom is -0.497 e. The van der Waals surface area contributed by atoms with Crippen LogP contribution >= 0.6 is 0 Å². The van der Waals surface area contributed by atoms with Crippen molar-refractivity contribution in [2.45, 2.75) is 33.7 Å². The highest BCUT2D eigenvalue weighted by atomic mass is 16.5. The van der Waals surface area contributed by atoms with Gasteiger partial charge in [-0.1, -0.05) is 0 Å². The molecule has 0 spiro atoms. The number of ether oxygens (including phenoxy) is 4. The van der Waals surface area contributed by atoms with Gasteiger partial charge in [0.05, 0.1) is 33.5 Å². The standard InChI is InChI=1S/C24H32N2O7/c1-8-33-24(29)21-14(2)20(15(3)25-21)22(27)16(4)26(9-10-30-5)23(28)17-11-18(31-6)13-19(12-17)32-7/h11-13,16,25H,8-10H2,1-7H3. The normalized spacial score (nSPS) is 11.6. The first kappa shape index (κ1) is 25.9. The van der Waals surface area contributed by atoms with E-state index in [0.717, 1.165) is 0 Å². The number of nitrogens with zero attached hydrogens (tertiary/aromatic N) is 1. The fourth-order valence-corrected chi connectivity index (χ4v) is 3.63. The first-order valence-electron chi connectivity index (χ1n) is 10.6. The summed E-state index contributed by atoms with van der Waals surface area (Å²) in [5, 5.41) is 0. The van der Waals surface area contributed by atoms with Crippen LogP contribution in [-0.4, -0.2) is 74.7 Å². The quantitative estimate of drug-likeness (QED) is 0.405. The summed E-state index contributed by atoms with van der Waals surface area (Å²) in [6.07, 6.45) is 0. The van der Waals surface area contributed by atoms with Crippen molar-refractivity contribution in [3.63, 3.8) is 0 Å². The van der Waals surface area contributed by atoms with Crippen LogP contribution in [-0.2, 0) is 9.47 Å². The zero-order valence-corrected chi connectivity index (χ0v) is 20.2. The van der Waals surface area contributed by atoms with Gasteiger partial charge in [0, 0.05) is 36.5 Å². The smallest absolute Gasteiger partial charge is 0.355 e. The molecular formula is C24H32N2O7. The molecule has 180 valence electrons. The third kappa shape index (κ3) is 5.73. The van der Waals surface area contributed by atoms with Crippen molar-refractivity contribution in [3.05, 3.63) is 46.3 Å². The summed E-state index contributed by atoms with van der Waals surface area (Å²) in [4.78, 5) is 43.6. The Morgan fingerprint density at radius 2 is 1.64 bits per heavy atom. The molecule has 9 heteroatoms. The van der Waals surface area contributed by atoms with Crippen LogP contribution in [0.2, 0.25) is 0 Å². The molecule has 1 aromatic heterocycles. The largest absolute Gasteiger partial charge is 0.497 e. The van der Waals surface area contributed by atoms with E-state index in [2.05, 4.69) is 4.98 Å². The number of methoxy groups -OCH3 is 3. The summed E-state index contributed by atoms with van der Waals surface area (Å²) in [6, 6.07) is 4.02. The molecule has 0 radical (unpaired) electrons. The summed E-state index contributed by atoms with van der Waals surface area (Å²) in [6.45, 7) is 7.42. The second kappa shape index (κ2) is 11.5. The number of H-pyrrole nitrogens is 1. The maximum atomic E-state index is 13.5. The number of carbonyl (C=O) groups is 3. The second-order valence-corrected chi connectivity index (χ2v) is 7.48. The van der Waals surface area contributed by atoms with Crippen LogP contribution in [0.4, 0.5) is 0 Å². The average molecular weight is 461 g/mol. The monoisotopic (exact) mass is 460 g/mol. The number of carbonyl (C=O) groups excluding carboxylic acids is 3. The number of ketones is 1. The number of nitrogens with one attached hydrogen (secondary N) is 1. The van der Waals surface area contributed by atoms with Crippen molar-refractivity contribution in [1.29, 1.82) is 0 Å². The van der Waals surface area contributed by atoms with Gasteiger partial charge in [-0.25, -0.2) is 4.79 Å². The van der Waals surface area contributed by atoms with E-state index in [1.165, 1.54) is 26.2 Å². The topological polar surface area (TPSA) is 107 Å². The number of aromatic nitrogens is 1. The van der Waals surface area contributed by atoms with Gasteiger partial charge >= 0.3 is 5.97 Å². The van der Waals surface area contributed by atoms with Gasteiger partial charge in [0.2, 0.25) is 0 Å². The Balaban J connectivity index is 2.44.